The van der Waals surface area contributed by atoms with Crippen molar-refractivity contribution >= 4 is 54.0 Å². The maximum atomic E-state index is 14.3. The highest BCUT2D eigenvalue weighted by Gasteiger charge is 2.49. The van der Waals surface area contributed by atoms with Gasteiger partial charge in [0.25, 0.3) is 0 Å². The van der Waals surface area contributed by atoms with Crippen molar-refractivity contribution in [1.82, 2.24) is 9.97 Å². The van der Waals surface area contributed by atoms with E-state index in [1.807, 2.05) is 0 Å². The highest BCUT2D eigenvalue weighted by molar-refractivity contribution is 9.10. The van der Waals surface area contributed by atoms with E-state index in [4.69, 9.17) is 25.2 Å². The van der Waals surface area contributed by atoms with E-state index in [-0.39, 0.29) is 27.5 Å². The molecule has 2 atom stereocenters. The van der Waals surface area contributed by atoms with Crippen LogP contribution in [0.4, 0.5) is 15.9 Å². The van der Waals surface area contributed by atoms with Gasteiger partial charge in [-0.05, 0) is 34.1 Å². The Morgan fingerprint density at radius 1 is 1.07 bits per heavy atom. The highest BCUT2D eigenvalue weighted by Crippen LogP contribution is 2.42. The number of halogens is 2. The molecule has 3 aromatic rings. The number of fused-ring (bicyclic) bond motifs is 2. The molecule has 0 fully saturated rings. The third-order valence-corrected chi connectivity index (χ3v) is 4.56. The number of aliphatic hydroxyl groups is 2. The molecule has 27 heavy (non-hydrogen) atoms. The summed E-state index contributed by atoms with van der Waals surface area (Å²) in [7, 11) is 10.9. The van der Waals surface area contributed by atoms with Crippen molar-refractivity contribution in [2.24, 2.45) is 0 Å². The number of hydrogen-bond acceptors (Lipinski definition) is 7. The third kappa shape index (κ3) is 3.01. The second kappa shape index (κ2) is 6.08. The van der Waals surface area contributed by atoms with Crippen LogP contribution in [0.2, 0.25) is 0 Å². The zero-order valence-electron chi connectivity index (χ0n) is 13.5. The molecule has 2 aromatic carbocycles. The molecule has 0 saturated heterocycles. The maximum absolute atomic E-state index is 14.3. The zero-order chi connectivity index (χ0) is 19.4. The van der Waals surface area contributed by atoms with Gasteiger partial charge < -0.3 is 25.0 Å². The van der Waals surface area contributed by atoms with Gasteiger partial charge in [0.1, 0.15) is 12.1 Å². The molecule has 0 aliphatic carbocycles. The Morgan fingerprint density at radius 3 is 2.44 bits per heavy atom. The molecule has 11 heteroatoms. The van der Waals surface area contributed by atoms with E-state index < -0.39 is 17.2 Å². The molecular formula is C16H9B2BrFN3O4. The highest BCUT2D eigenvalue weighted by atomic mass is 79.9. The third-order valence-electron chi connectivity index (χ3n) is 3.95. The van der Waals surface area contributed by atoms with Crippen molar-refractivity contribution in [2.45, 2.75) is 11.4 Å². The number of ether oxygens (including phenoxy) is 2. The van der Waals surface area contributed by atoms with Crippen molar-refractivity contribution in [2.75, 3.05) is 5.32 Å². The van der Waals surface area contributed by atoms with Crippen LogP contribution in [0.5, 0.6) is 11.5 Å². The molecule has 2 unspecified atom stereocenters. The summed E-state index contributed by atoms with van der Waals surface area (Å²) in [6, 6.07) is 7.61. The van der Waals surface area contributed by atoms with Crippen LogP contribution in [0.3, 0.4) is 0 Å². The van der Waals surface area contributed by atoms with Gasteiger partial charge in [0, 0.05) is 11.5 Å². The van der Waals surface area contributed by atoms with E-state index in [0.717, 1.165) is 0 Å². The Labute approximate surface area is 163 Å². The van der Waals surface area contributed by atoms with Gasteiger partial charge in [-0.25, -0.2) is 14.4 Å². The van der Waals surface area contributed by atoms with Crippen LogP contribution < -0.4 is 14.8 Å². The zero-order valence-corrected chi connectivity index (χ0v) is 15.1. The Balaban J connectivity index is 1.82. The van der Waals surface area contributed by atoms with E-state index >= 15 is 0 Å². The fourth-order valence-electron chi connectivity index (χ4n) is 2.53. The van der Waals surface area contributed by atoms with Gasteiger partial charge in [-0.15, -0.1) is 0 Å². The largest absolute Gasteiger partial charge is 0.462 e. The van der Waals surface area contributed by atoms with E-state index in [1.54, 1.807) is 18.2 Å². The van der Waals surface area contributed by atoms with E-state index in [2.05, 4.69) is 31.2 Å². The Hall–Kier alpha value is -2.36. The molecule has 0 amide bonds. The normalized spacial score (nSPS) is 24.0. The van der Waals surface area contributed by atoms with Gasteiger partial charge in [0.05, 0.1) is 15.7 Å². The topological polar surface area (TPSA) is 96.7 Å². The first-order valence-corrected chi connectivity index (χ1v) is 8.37. The maximum Gasteiger partial charge on any atom is 0.209 e. The summed E-state index contributed by atoms with van der Waals surface area (Å²) < 4.78 is 24.8. The monoisotopic (exact) mass is 427 g/mol. The first kappa shape index (κ1) is 18.0. The lowest BCUT2D eigenvalue weighted by Gasteiger charge is -2.44. The van der Waals surface area contributed by atoms with Gasteiger partial charge >= 0.3 is 0 Å². The van der Waals surface area contributed by atoms with Crippen LogP contribution in [-0.4, -0.2) is 47.2 Å². The van der Waals surface area contributed by atoms with Gasteiger partial charge in [-0.1, -0.05) is 6.07 Å². The van der Waals surface area contributed by atoms with Crippen molar-refractivity contribution in [1.29, 1.82) is 0 Å². The lowest BCUT2D eigenvalue weighted by Crippen LogP contribution is -2.64. The number of benzene rings is 2. The van der Waals surface area contributed by atoms with Crippen LogP contribution in [-0.2, 0) is 0 Å². The summed E-state index contributed by atoms with van der Waals surface area (Å²) in [6.07, 6.45) is 1.27. The molecular weight excluding hydrogens is 419 g/mol. The average Bonchev–Trinajstić information content (AvgIpc) is 2.58. The second-order valence-corrected chi connectivity index (χ2v) is 6.72. The van der Waals surface area contributed by atoms with Crippen LogP contribution >= 0.6 is 15.9 Å². The van der Waals surface area contributed by atoms with Crippen LogP contribution in [0.15, 0.2) is 41.1 Å². The van der Waals surface area contributed by atoms with Gasteiger partial charge in [0.15, 0.2) is 33.0 Å². The van der Waals surface area contributed by atoms with Gasteiger partial charge in [-0.3, -0.25) is 0 Å². The lowest BCUT2D eigenvalue weighted by molar-refractivity contribution is -0.256. The second-order valence-electron chi connectivity index (χ2n) is 5.86. The summed E-state index contributed by atoms with van der Waals surface area (Å²) in [4.78, 5) is 8.23. The summed E-state index contributed by atoms with van der Waals surface area (Å²) in [5, 5.41) is 23.1. The molecule has 1 aliphatic rings. The standard InChI is InChI=1S/C16H9B2BrFN3O4/c17-15(24)16(18,25)27-12-5-10-7(4-11(12)26-15)14(22-6-21-10)23-9-3-1-2-8(19)13(9)20/h1-6,24-25H,(H,21,22,23). The van der Waals surface area contributed by atoms with Crippen molar-refractivity contribution < 1.29 is 24.1 Å². The number of nitrogens with zero attached hydrogens (tertiary/aromatic N) is 2. The van der Waals surface area contributed by atoms with E-state index in [0.29, 0.717) is 10.9 Å². The quantitative estimate of drug-likeness (QED) is 0.535. The average molecular weight is 428 g/mol. The fraction of sp³-hybridized carbons (Fsp3) is 0.125. The molecule has 0 saturated carbocycles. The van der Waals surface area contributed by atoms with Crippen LogP contribution in [0.1, 0.15) is 0 Å². The molecule has 0 bridgehead atoms. The van der Waals surface area contributed by atoms with Gasteiger partial charge in [-0.2, -0.15) is 0 Å². The van der Waals surface area contributed by atoms with Crippen molar-refractivity contribution in [3.8, 4) is 11.5 Å². The van der Waals surface area contributed by atoms with Crippen molar-refractivity contribution in [3.63, 3.8) is 0 Å². The lowest BCUT2D eigenvalue weighted by atomic mass is 9.74. The molecule has 4 radical (unpaired) electrons. The van der Waals surface area contributed by atoms with Crippen LogP contribution in [0.25, 0.3) is 10.9 Å². The first-order chi connectivity index (χ1) is 12.7. The minimum absolute atomic E-state index is 0.00445. The smallest absolute Gasteiger partial charge is 0.209 e. The number of rotatable bonds is 2. The van der Waals surface area contributed by atoms with Gasteiger partial charge in [0.2, 0.25) is 11.4 Å². The predicted molar refractivity (Wildman–Crippen MR) is 99.6 cm³/mol. The SMILES string of the molecule is [B]C1(O)Oc2cc3ncnc(Nc4cccc(Br)c4F)c3cc2OC1([B])O. The van der Waals surface area contributed by atoms with Crippen LogP contribution in [0, 0.1) is 5.82 Å². The minimum Gasteiger partial charge on any atom is -0.462 e. The number of nitrogens with one attached hydrogen (secondary N) is 1. The first-order valence-electron chi connectivity index (χ1n) is 7.58. The molecule has 2 heterocycles. The number of hydrogen-bond donors (Lipinski definition) is 3. The Bertz CT molecular complexity index is 1070. The summed E-state index contributed by atoms with van der Waals surface area (Å²) in [6.45, 7) is 0. The molecule has 3 N–H and O–H groups in total. The molecule has 0 spiro atoms. The molecule has 1 aromatic heterocycles. The Morgan fingerprint density at radius 2 is 1.74 bits per heavy atom. The van der Waals surface area contributed by atoms with E-state index in [1.165, 1.54) is 18.5 Å². The van der Waals surface area contributed by atoms with Crippen molar-refractivity contribution in [3.05, 3.63) is 46.9 Å². The summed E-state index contributed by atoms with van der Waals surface area (Å²) in [5.74, 6) is -0.208. The predicted octanol–water partition coefficient (Wildman–Crippen LogP) is 1.68. The molecule has 132 valence electrons. The fourth-order valence-corrected chi connectivity index (χ4v) is 2.90. The molecule has 7 nitrogen and oxygen atoms in total. The van der Waals surface area contributed by atoms with E-state index in [9.17, 15) is 14.6 Å². The minimum atomic E-state index is -2.69. The number of aromatic nitrogens is 2. The summed E-state index contributed by atoms with van der Waals surface area (Å²) >= 11 is 3.12. The Kier molecular flexibility index (Phi) is 4.06. The molecule has 4 rings (SSSR count). The summed E-state index contributed by atoms with van der Waals surface area (Å²) in [5.41, 5.74) is -4.77. The molecule has 1 aliphatic heterocycles. The number of anilines is 2.